The van der Waals surface area contributed by atoms with E-state index in [1.165, 1.54) is 0 Å². The molecule has 1 heterocycles. The molecule has 0 radical (unpaired) electrons. The Morgan fingerprint density at radius 3 is 2.71 bits per heavy atom. The second-order valence-corrected chi connectivity index (χ2v) is 5.54. The Morgan fingerprint density at radius 2 is 1.95 bits per heavy atom. The quantitative estimate of drug-likeness (QED) is 0.704. The first-order valence-corrected chi connectivity index (χ1v) is 7.28. The molecule has 4 nitrogen and oxygen atoms in total. The van der Waals surface area contributed by atoms with Gasteiger partial charge in [-0.1, -0.05) is 44.8 Å². The Labute approximate surface area is 130 Å². The van der Waals surface area contributed by atoms with Crippen LogP contribution in [0.5, 0.6) is 5.75 Å². The number of halogens is 1. The lowest BCUT2D eigenvalue weighted by Crippen LogP contribution is -1.95. The number of aromatic nitrogens is 2. The molecular formula is C16H13BrN2O2. The molecule has 1 aromatic heterocycles. The number of benzene rings is 2. The molecule has 3 rings (SSSR count). The zero-order valence-corrected chi connectivity index (χ0v) is 13.0. The third-order valence-corrected chi connectivity index (χ3v) is 3.45. The second kappa shape index (κ2) is 6.10. The van der Waals surface area contributed by atoms with Gasteiger partial charge in [0.1, 0.15) is 5.75 Å². The highest BCUT2D eigenvalue weighted by atomic mass is 79.9. The highest BCUT2D eigenvalue weighted by Gasteiger charge is 2.09. The summed E-state index contributed by atoms with van der Waals surface area (Å²) in [5.41, 5.74) is 2.10. The fourth-order valence-electron chi connectivity index (χ4n) is 1.89. The van der Waals surface area contributed by atoms with E-state index in [4.69, 9.17) is 9.26 Å². The molecule has 0 aliphatic rings. The molecule has 0 bridgehead atoms. The van der Waals surface area contributed by atoms with E-state index in [9.17, 15) is 0 Å². The third-order valence-electron chi connectivity index (χ3n) is 2.92. The first kappa shape index (κ1) is 13.8. The van der Waals surface area contributed by atoms with Crippen molar-refractivity contribution in [3.8, 4) is 17.1 Å². The summed E-state index contributed by atoms with van der Waals surface area (Å²) in [5.74, 6) is 1.79. The van der Waals surface area contributed by atoms with Crippen molar-refractivity contribution in [3.63, 3.8) is 0 Å². The number of ether oxygens (including phenoxy) is 1. The van der Waals surface area contributed by atoms with Gasteiger partial charge in [0.15, 0.2) is 6.61 Å². The lowest BCUT2D eigenvalue weighted by molar-refractivity contribution is 0.243. The molecule has 2 aromatic carbocycles. The van der Waals surface area contributed by atoms with Gasteiger partial charge in [0.2, 0.25) is 5.82 Å². The zero-order chi connectivity index (χ0) is 14.7. The summed E-state index contributed by atoms with van der Waals surface area (Å²) in [4.78, 5) is 4.34. The predicted octanol–water partition coefficient (Wildman–Crippen LogP) is 4.39. The molecule has 0 saturated carbocycles. The van der Waals surface area contributed by atoms with Gasteiger partial charge < -0.3 is 9.26 Å². The van der Waals surface area contributed by atoms with Crippen LogP contribution in [0.2, 0.25) is 0 Å². The third kappa shape index (κ3) is 3.49. The van der Waals surface area contributed by atoms with E-state index in [1.807, 2.05) is 55.5 Å². The molecule has 0 amide bonds. The van der Waals surface area contributed by atoms with Crippen LogP contribution in [0.25, 0.3) is 11.4 Å². The van der Waals surface area contributed by atoms with Gasteiger partial charge in [0.05, 0.1) is 0 Å². The number of nitrogens with zero attached hydrogens (tertiary/aromatic N) is 2. The number of aryl methyl sites for hydroxylation is 1. The van der Waals surface area contributed by atoms with Crippen LogP contribution >= 0.6 is 15.9 Å². The second-order valence-electron chi connectivity index (χ2n) is 4.62. The summed E-state index contributed by atoms with van der Waals surface area (Å²) in [6, 6.07) is 15.6. The van der Waals surface area contributed by atoms with Gasteiger partial charge in [-0.2, -0.15) is 4.98 Å². The van der Waals surface area contributed by atoms with Crippen LogP contribution < -0.4 is 4.74 Å². The summed E-state index contributed by atoms with van der Waals surface area (Å²) in [7, 11) is 0. The number of hydrogen-bond donors (Lipinski definition) is 0. The maximum atomic E-state index is 5.60. The molecule has 0 N–H and O–H groups in total. The van der Waals surface area contributed by atoms with Crippen molar-refractivity contribution in [2.24, 2.45) is 0 Å². The Balaban J connectivity index is 1.69. The first-order chi connectivity index (χ1) is 10.2. The minimum absolute atomic E-state index is 0.250. The Hall–Kier alpha value is -2.14. The van der Waals surface area contributed by atoms with Crippen molar-refractivity contribution in [2.75, 3.05) is 0 Å². The summed E-state index contributed by atoms with van der Waals surface area (Å²) in [6.07, 6.45) is 0. The Bertz CT molecular complexity index is 738. The van der Waals surface area contributed by atoms with E-state index in [-0.39, 0.29) is 6.61 Å². The fraction of sp³-hybridized carbons (Fsp3) is 0.125. The van der Waals surface area contributed by atoms with Crippen molar-refractivity contribution < 1.29 is 9.26 Å². The van der Waals surface area contributed by atoms with Crippen LogP contribution in [-0.4, -0.2) is 10.1 Å². The fourth-order valence-corrected chi connectivity index (χ4v) is 2.16. The molecule has 0 atom stereocenters. The summed E-state index contributed by atoms with van der Waals surface area (Å²) < 4.78 is 11.8. The van der Waals surface area contributed by atoms with Crippen molar-refractivity contribution in [2.45, 2.75) is 13.5 Å². The minimum Gasteiger partial charge on any atom is -0.484 e. The lowest BCUT2D eigenvalue weighted by Gasteiger charge is -2.02. The molecule has 0 aliphatic carbocycles. The highest BCUT2D eigenvalue weighted by Crippen LogP contribution is 2.19. The molecule has 0 fully saturated rings. The molecule has 0 unspecified atom stereocenters. The van der Waals surface area contributed by atoms with Gasteiger partial charge in [-0.25, -0.2) is 0 Å². The van der Waals surface area contributed by atoms with E-state index < -0.39 is 0 Å². The SMILES string of the molecule is Cc1cccc(-c2noc(COc3ccc(Br)cc3)n2)c1. The standard InChI is InChI=1S/C16H13BrN2O2/c1-11-3-2-4-12(9-11)16-18-15(21-19-16)10-20-14-7-5-13(17)6-8-14/h2-9H,10H2,1H3. The summed E-state index contributed by atoms with van der Waals surface area (Å²) in [6.45, 7) is 2.28. The largest absolute Gasteiger partial charge is 0.484 e. The average molecular weight is 345 g/mol. The molecular weight excluding hydrogens is 332 g/mol. The van der Waals surface area contributed by atoms with Gasteiger partial charge in [-0.05, 0) is 37.3 Å². The van der Waals surface area contributed by atoms with E-state index in [1.54, 1.807) is 0 Å². The summed E-state index contributed by atoms with van der Waals surface area (Å²) >= 11 is 3.38. The molecule has 5 heteroatoms. The smallest absolute Gasteiger partial charge is 0.264 e. The molecule has 0 spiro atoms. The minimum atomic E-state index is 0.250. The topological polar surface area (TPSA) is 48.2 Å². The van der Waals surface area contributed by atoms with Crippen molar-refractivity contribution in [3.05, 3.63) is 64.5 Å². The molecule has 0 saturated heterocycles. The molecule has 106 valence electrons. The van der Waals surface area contributed by atoms with Crippen LogP contribution in [0.3, 0.4) is 0 Å². The van der Waals surface area contributed by atoms with Crippen LogP contribution in [0.1, 0.15) is 11.5 Å². The van der Waals surface area contributed by atoms with Crippen LogP contribution in [-0.2, 0) is 6.61 Å². The Morgan fingerprint density at radius 1 is 1.14 bits per heavy atom. The van der Waals surface area contributed by atoms with Gasteiger partial charge in [-0.15, -0.1) is 0 Å². The van der Waals surface area contributed by atoms with E-state index in [2.05, 4.69) is 26.1 Å². The van der Waals surface area contributed by atoms with E-state index in [0.717, 1.165) is 21.3 Å². The van der Waals surface area contributed by atoms with Gasteiger partial charge in [-0.3, -0.25) is 0 Å². The maximum absolute atomic E-state index is 5.60. The summed E-state index contributed by atoms with van der Waals surface area (Å²) in [5, 5.41) is 3.98. The van der Waals surface area contributed by atoms with Crippen molar-refractivity contribution in [1.82, 2.24) is 10.1 Å². The van der Waals surface area contributed by atoms with Crippen LogP contribution in [0.15, 0.2) is 57.5 Å². The van der Waals surface area contributed by atoms with Gasteiger partial charge in [0.25, 0.3) is 5.89 Å². The monoisotopic (exact) mass is 344 g/mol. The zero-order valence-electron chi connectivity index (χ0n) is 11.4. The van der Waals surface area contributed by atoms with Crippen LogP contribution in [0, 0.1) is 6.92 Å². The maximum Gasteiger partial charge on any atom is 0.264 e. The number of hydrogen-bond acceptors (Lipinski definition) is 4. The van der Waals surface area contributed by atoms with E-state index >= 15 is 0 Å². The van der Waals surface area contributed by atoms with E-state index in [0.29, 0.717) is 11.7 Å². The highest BCUT2D eigenvalue weighted by molar-refractivity contribution is 9.10. The van der Waals surface area contributed by atoms with Crippen molar-refractivity contribution in [1.29, 1.82) is 0 Å². The lowest BCUT2D eigenvalue weighted by atomic mass is 10.1. The number of rotatable bonds is 4. The average Bonchev–Trinajstić information content (AvgIpc) is 2.96. The molecule has 3 aromatic rings. The molecule has 0 aliphatic heterocycles. The van der Waals surface area contributed by atoms with Gasteiger partial charge in [0, 0.05) is 10.0 Å². The normalized spacial score (nSPS) is 10.6. The van der Waals surface area contributed by atoms with Crippen LogP contribution in [0.4, 0.5) is 0 Å². The predicted molar refractivity (Wildman–Crippen MR) is 82.9 cm³/mol. The molecule has 21 heavy (non-hydrogen) atoms. The van der Waals surface area contributed by atoms with Crippen molar-refractivity contribution >= 4 is 15.9 Å². The Kier molecular flexibility index (Phi) is 4.01. The first-order valence-electron chi connectivity index (χ1n) is 6.49. The van der Waals surface area contributed by atoms with Gasteiger partial charge >= 0.3 is 0 Å².